The molecule has 2 N–H and O–H groups in total. The van der Waals surface area contributed by atoms with Gasteiger partial charge in [0.05, 0.1) is 10.7 Å². The van der Waals surface area contributed by atoms with Crippen molar-refractivity contribution in [2.75, 3.05) is 5.32 Å². The fourth-order valence-electron chi connectivity index (χ4n) is 1.83. The zero-order valence-electron chi connectivity index (χ0n) is 13.1. The topological polar surface area (TPSA) is 50.4 Å². The number of hydrogen-bond acceptors (Lipinski definition) is 3. The third-order valence-corrected chi connectivity index (χ3v) is 4.41. The minimum absolute atomic E-state index is 0.106. The minimum Gasteiger partial charge on any atom is -0.479 e. The standard InChI is InChI=1S/C16H11BrCl2F2N2O2S/c1-7(25-13-3-2-8(18)4-11(13)19)15(24)23-16(26)22-14-10(17)5-9(20)6-12(14)21/h2-7H,1H3,(H2,22,23,24,26). The molecule has 2 rings (SSSR count). The Morgan fingerprint density at radius 3 is 2.58 bits per heavy atom. The summed E-state index contributed by atoms with van der Waals surface area (Å²) in [5.41, 5.74) is -0.106. The van der Waals surface area contributed by atoms with Crippen molar-refractivity contribution in [3.63, 3.8) is 0 Å². The van der Waals surface area contributed by atoms with Gasteiger partial charge in [0.25, 0.3) is 5.91 Å². The normalized spacial score (nSPS) is 11.6. The molecule has 1 unspecified atom stereocenters. The first kappa shape index (κ1) is 20.8. The maximum atomic E-state index is 13.8. The number of thiocarbonyl (C=S) groups is 1. The van der Waals surface area contributed by atoms with E-state index in [0.717, 1.165) is 6.07 Å². The highest BCUT2D eigenvalue weighted by Crippen LogP contribution is 2.28. The summed E-state index contributed by atoms with van der Waals surface area (Å²) in [6.45, 7) is 1.48. The van der Waals surface area contributed by atoms with E-state index >= 15 is 0 Å². The molecule has 2 aromatic carbocycles. The second-order valence-electron chi connectivity index (χ2n) is 5.02. The first-order chi connectivity index (χ1) is 12.2. The third kappa shape index (κ3) is 5.51. The Morgan fingerprint density at radius 1 is 1.27 bits per heavy atom. The Bertz CT molecular complexity index is 847. The zero-order valence-corrected chi connectivity index (χ0v) is 17.0. The summed E-state index contributed by atoms with van der Waals surface area (Å²) in [5, 5.41) is 5.33. The van der Waals surface area contributed by atoms with Crippen LogP contribution in [0.3, 0.4) is 0 Å². The van der Waals surface area contributed by atoms with E-state index in [0.29, 0.717) is 11.1 Å². The number of anilines is 1. The van der Waals surface area contributed by atoms with Gasteiger partial charge < -0.3 is 10.1 Å². The van der Waals surface area contributed by atoms with Crippen LogP contribution in [0, 0.1) is 11.6 Å². The number of halogens is 5. The van der Waals surface area contributed by atoms with Gasteiger partial charge in [-0.15, -0.1) is 0 Å². The van der Waals surface area contributed by atoms with Crippen LogP contribution in [0.5, 0.6) is 5.75 Å². The number of amides is 1. The molecule has 0 saturated carbocycles. The van der Waals surface area contributed by atoms with Crippen LogP contribution in [0.2, 0.25) is 10.0 Å². The van der Waals surface area contributed by atoms with Crippen LogP contribution in [-0.4, -0.2) is 17.1 Å². The monoisotopic (exact) mass is 482 g/mol. The van der Waals surface area contributed by atoms with E-state index in [9.17, 15) is 13.6 Å². The van der Waals surface area contributed by atoms with Crippen LogP contribution >= 0.6 is 51.3 Å². The predicted octanol–water partition coefficient (Wildman–Crippen LogP) is 5.31. The van der Waals surface area contributed by atoms with Crippen molar-refractivity contribution < 1.29 is 18.3 Å². The van der Waals surface area contributed by atoms with Crippen molar-refractivity contribution in [2.45, 2.75) is 13.0 Å². The maximum Gasteiger partial charge on any atom is 0.266 e. The average Bonchev–Trinajstić information content (AvgIpc) is 2.53. The number of ether oxygens (including phenoxy) is 1. The van der Waals surface area contributed by atoms with E-state index in [1.54, 1.807) is 6.07 Å². The molecule has 1 atom stereocenters. The van der Waals surface area contributed by atoms with Gasteiger partial charge in [-0.05, 0) is 59.3 Å². The molecule has 0 heterocycles. The van der Waals surface area contributed by atoms with E-state index in [4.69, 9.17) is 40.2 Å². The molecule has 0 radical (unpaired) electrons. The molecule has 0 aliphatic heterocycles. The van der Waals surface area contributed by atoms with Crippen molar-refractivity contribution in [3.05, 3.63) is 56.5 Å². The molecule has 0 aliphatic rings. The molecule has 0 spiro atoms. The Morgan fingerprint density at radius 2 is 1.96 bits per heavy atom. The quantitative estimate of drug-likeness (QED) is 0.578. The predicted molar refractivity (Wildman–Crippen MR) is 105 cm³/mol. The minimum atomic E-state index is -0.949. The SMILES string of the molecule is CC(Oc1ccc(Cl)cc1Cl)C(=O)NC(=S)Nc1c(F)cc(F)cc1Br. The Hall–Kier alpha value is -1.48. The molecule has 10 heteroatoms. The van der Waals surface area contributed by atoms with Gasteiger partial charge in [0, 0.05) is 15.6 Å². The second-order valence-corrected chi connectivity index (χ2v) is 7.13. The highest BCUT2D eigenvalue weighted by atomic mass is 79.9. The van der Waals surface area contributed by atoms with E-state index in [2.05, 4.69) is 26.6 Å². The summed E-state index contributed by atoms with van der Waals surface area (Å²) in [5.74, 6) is -1.94. The van der Waals surface area contributed by atoms with E-state index < -0.39 is 23.6 Å². The molecule has 1 amide bonds. The van der Waals surface area contributed by atoms with E-state index in [1.807, 2.05) is 0 Å². The maximum absolute atomic E-state index is 13.8. The lowest BCUT2D eigenvalue weighted by atomic mass is 10.3. The second kappa shape index (κ2) is 8.94. The fourth-order valence-corrected chi connectivity index (χ4v) is 3.00. The molecule has 0 fully saturated rings. The lowest BCUT2D eigenvalue weighted by Crippen LogP contribution is -2.42. The molecular weight excluding hydrogens is 473 g/mol. The van der Waals surface area contributed by atoms with Gasteiger partial charge in [-0.1, -0.05) is 23.2 Å². The number of rotatable bonds is 4. The van der Waals surface area contributed by atoms with Gasteiger partial charge >= 0.3 is 0 Å². The van der Waals surface area contributed by atoms with Gasteiger partial charge in [0.1, 0.15) is 11.6 Å². The Labute approximate surface area is 171 Å². The molecule has 0 bridgehead atoms. The van der Waals surface area contributed by atoms with Crippen LogP contribution in [0.1, 0.15) is 6.92 Å². The van der Waals surface area contributed by atoms with E-state index in [-0.39, 0.29) is 26.0 Å². The van der Waals surface area contributed by atoms with Crippen molar-refractivity contribution >= 4 is 68.1 Å². The summed E-state index contributed by atoms with van der Waals surface area (Å²) < 4.78 is 32.4. The molecule has 2 aromatic rings. The summed E-state index contributed by atoms with van der Waals surface area (Å²) >= 11 is 19.8. The average molecular weight is 484 g/mol. The lowest BCUT2D eigenvalue weighted by Gasteiger charge is -2.17. The lowest BCUT2D eigenvalue weighted by molar-refractivity contribution is -0.125. The van der Waals surface area contributed by atoms with E-state index in [1.165, 1.54) is 19.1 Å². The van der Waals surface area contributed by atoms with Gasteiger partial charge in [-0.25, -0.2) is 8.78 Å². The zero-order chi connectivity index (χ0) is 19.4. The first-order valence-corrected chi connectivity index (χ1v) is 9.01. The molecule has 0 aliphatic carbocycles. The third-order valence-electron chi connectivity index (χ3n) is 3.05. The number of hydrogen-bond donors (Lipinski definition) is 2. The summed E-state index contributed by atoms with van der Waals surface area (Å²) in [4.78, 5) is 12.2. The Kier molecular flexibility index (Phi) is 7.16. The molecular formula is C16H11BrCl2F2N2O2S. The summed E-state index contributed by atoms with van der Waals surface area (Å²) in [6.07, 6.45) is -0.949. The van der Waals surface area contributed by atoms with Crippen molar-refractivity contribution in [3.8, 4) is 5.75 Å². The highest BCUT2D eigenvalue weighted by molar-refractivity contribution is 9.10. The molecule has 0 saturated heterocycles. The van der Waals surface area contributed by atoms with Crippen LogP contribution in [0.25, 0.3) is 0 Å². The number of nitrogens with one attached hydrogen (secondary N) is 2. The van der Waals surface area contributed by atoms with Crippen molar-refractivity contribution in [1.29, 1.82) is 0 Å². The first-order valence-electron chi connectivity index (χ1n) is 7.05. The van der Waals surface area contributed by atoms with Crippen LogP contribution in [-0.2, 0) is 4.79 Å². The number of carbonyl (C=O) groups excluding carboxylic acids is 1. The molecule has 138 valence electrons. The van der Waals surface area contributed by atoms with Gasteiger partial charge in [0.2, 0.25) is 0 Å². The number of carbonyl (C=O) groups is 1. The van der Waals surface area contributed by atoms with Crippen molar-refractivity contribution in [2.24, 2.45) is 0 Å². The van der Waals surface area contributed by atoms with Gasteiger partial charge in [0.15, 0.2) is 17.0 Å². The van der Waals surface area contributed by atoms with Crippen LogP contribution < -0.4 is 15.4 Å². The molecule has 4 nitrogen and oxygen atoms in total. The fraction of sp³-hybridized carbons (Fsp3) is 0.125. The Balaban J connectivity index is 1.99. The van der Waals surface area contributed by atoms with Crippen molar-refractivity contribution in [1.82, 2.24) is 5.32 Å². The van der Waals surface area contributed by atoms with Crippen LogP contribution in [0.15, 0.2) is 34.8 Å². The molecule has 26 heavy (non-hydrogen) atoms. The largest absolute Gasteiger partial charge is 0.479 e. The summed E-state index contributed by atoms with van der Waals surface area (Å²) in [7, 11) is 0. The number of benzene rings is 2. The van der Waals surface area contributed by atoms with Crippen LogP contribution in [0.4, 0.5) is 14.5 Å². The molecule has 0 aromatic heterocycles. The highest BCUT2D eigenvalue weighted by Gasteiger charge is 2.19. The smallest absolute Gasteiger partial charge is 0.266 e. The summed E-state index contributed by atoms with van der Waals surface area (Å²) in [6, 6.07) is 6.31. The van der Waals surface area contributed by atoms with Gasteiger partial charge in [-0.2, -0.15) is 0 Å². The van der Waals surface area contributed by atoms with Gasteiger partial charge in [-0.3, -0.25) is 10.1 Å².